The van der Waals surface area contributed by atoms with Crippen LogP contribution in [0, 0.1) is 0 Å². The van der Waals surface area contributed by atoms with Gasteiger partial charge in [-0.05, 0) is 30.3 Å². The summed E-state index contributed by atoms with van der Waals surface area (Å²) in [5.74, 6) is 0.955. The highest BCUT2D eigenvalue weighted by atomic mass is 35.5. The smallest absolute Gasteiger partial charge is 0.266 e. The number of nitrogens with one attached hydrogen (secondary N) is 1. The average molecular weight is 368 g/mol. The fourth-order valence-electron chi connectivity index (χ4n) is 2.16. The molecule has 1 aromatic carbocycles. The molecule has 0 saturated heterocycles. The lowest BCUT2D eigenvalue weighted by Gasteiger charge is -2.11. The van der Waals surface area contributed by atoms with E-state index in [1.54, 1.807) is 12.1 Å². The number of methoxy groups -OCH3 is 1. The molecule has 0 aliphatic heterocycles. The number of hydrogen-bond donors (Lipinski definition) is 1. The molecule has 3 rings (SSSR count). The van der Waals surface area contributed by atoms with Crippen LogP contribution in [0.5, 0.6) is 5.75 Å². The Morgan fingerprint density at radius 1 is 1.25 bits per heavy atom. The van der Waals surface area contributed by atoms with Crippen molar-refractivity contribution in [3.05, 3.63) is 41.2 Å². The second-order valence-corrected chi connectivity index (χ2v) is 6.95. The summed E-state index contributed by atoms with van der Waals surface area (Å²) >= 11 is 5.90. The zero-order valence-electron chi connectivity index (χ0n) is 12.9. The molecule has 0 radical (unpaired) electrons. The van der Waals surface area contributed by atoms with E-state index in [-0.39, 0.29) is 21.5 Å². The zero-order valence-corrected chi connectivity index (χ0v) is 14.5. The highest BCUT2D eigenvalue weighted by Crippen LogP contribution is 2.28. The molecule has 0 spiro atoms. The van der Waals surface area contributed by atoms with Gasteiger partial charge in [0.1, 0.15) is 10.6 Å². The summed E-state index contributed by atoms with van der Waals surface area (Å²) in [7, 11) is -2.54. The molecule has 2 heterocycles. The van der Waals surface area contributed by atoms with Crippen molar-refractivity contribution < 1.29 is 13.2 Å². The molecule has 0 fully saturated rings. The standard InChI is InChI=1S/C14H14ClN5O3S/c1-3-13-16-17-14-7-6-12(18-20(13)14)19-24(21,22)11-8-9(15)4-5-10(11)23-2/h4-8H,3H2,1-2H3,(H,18,19). The maximum absolute atomic E-state index is 12.6. The van der Waals surface area contributed by atoms with Gasteiger partial charge in [0.2, 0.25) is 0 Å². The Morgan fingerprint density at radius 2 is 2.04 bits per heavy atom. The first-order valence-corrected chi connectivity index (χ1v) is 8.88. The van der Waals surface area contributed by atoms with Gasteiger partial charge in [-0.1, -0.05) is 18.5 Å². The lowest BCUT2D eigenvalue weighted by atomic mass is 10.3. The van der Waals surface area contributed by atoms with E-state index in [0.29, 0.717) is 17.9 Å². The van der Waals surface area contributed by atoms with Crippen molar-refractivity contribution in [2.75, 3.05) is 11.8 Å². The van der Waals surface area contributed by atoms with E-state index < -0.39 is 10.0 Å². The van der Waals surface area contributed by atoms with Gasteiger partial charge in [0, 0.05) is 11.4 Å². The van der Waals surface area contributed by atoms with Gasteiger partial charge in [0.05, 0.1) is 7.11 Å². The Kier molecular flexibility index (Phi) is 4.29. The van der Waals surface area contributed by atoms with Crippen LogP contribution in [0.2, 0.25) is 5.02 Å². The van der Waals surface area contributed by atoms with Crippen molar-refractivity contribution in [3.8, 4) is 5.75 Å². The fraction of sp³-hybridized carbons (Fsp3) is 0.214. The number of nitrogens with zero attached hydrogens (tertiary/aromatic N) is 4. The van der Waals surface area contributed by atoms with Gasteiger partial charge in [0.25, 0.3) is 10.0 Å². The molecule has 0 unspecified atom stereocenters. The largest absolute Gasteiger partial charge is 0.495 e. The minimum absolute atomic E-state index is 0.0705. The normalized spacial score (nSPS) is 11.6. The Hall–Kier alpha value is -2.39. The minimum atomic E-state index is -3.93. The van der Waals surface area contributed by atoms with Gasteiger partial charge in [-0.2, -0.15) is 4.52 Å². The molecular weight excluding hydrogens is 354 g/mol. The van der Waals surface area contributed by atoms with Crippen molar-refractivity contribution >= 4 is 33.1 Å². The summed E-state index contributed by atoms with van der Waals surface area (Å²) < 4.78 is 34.3. The van der Waals surface area contributed by atoms with Crippen molar-refractivity contribution in [1.82, 2.24) is 19.8 Å². The number of halogens is 1. The third-order valence-corrected chi connectivity index (χ3v) is 4.91. The maximum Gasteiger partial charge on any atom is 0.266 e. The highest BCUT2D eigenvalue weighted by molar-refractivity contribution is 7.92. The van der Waals surface area contributed by atoms with Gasteiger partial charge >= 0.3 is 0 Å². The second-order valence-electron chi connectivity index (χ2n) is 4.86. The number of ether oxygens (including phenoxy) is 1. The van der Waals surface area contributed by atoms with Crippen LogP contribution in [0.1, 0.15) is 12.7 Å². The molecule has 3 aromatic rings. The molecule has 0 amide bonds. The van der Waals surface area contributed by atoms with Crippen LogP contribution in [-0.4, -0.2) is 35.3 Å². The first-order valence-electron chi connectivity index (χ1n) is 7.02. The lowest BCUT2D eigenvalue weighted by Crippen LogP contribution is -2.16. The first-order chi connectivity index (χ1) is 11.4. The van der Waals surface area contributed by atoms with Crippen molar-refractivity contribution in [2.45, 2.75) is 18.2 Å². The quantitative estimate of drug-likeness (QED) is 0.741. The Balaban J connectivity index is 2.02. The van der Waals surface area contributed by atoms with Crippen LogP contribution in [0.4, 0.5) is 5.82 Å². The molecule has 24 heavy (non-hydrogen) atoms. The van der Waals surface area contributed by atoms with Crippen LogP contribution in [-0.2, 0) is 16.4 Å². The molecular formula is C14H14ClN5O3S. The molecule has 0 aliphatic carbocycles. The monoisotopic (exact) mass is 367 g/mol. The second kappa shape index (κ2) is 6.25. The number of sulfonamides is 1. The molecule has 0 aliphatic rings. The summed E-state index contributed by atoms with van der Waals surface area (Å²) in [6, 6.07) is 7.50. The molecule has 0 saturated carbocycles. The summed E-state index contributed by atoms with van der Waals surface area (Å²) in [4.78, 5) is -0.0705. The molecule has 2 aromatic heterocycles. The lowest BCUT2D eigenvalue weighted by molar-refractivity contribution is 0.403. The summed E-state index contributed by atoms with van der Waals surface area (Å²) in [5.41, 5.74) is 0.537. The van der Waals surface area contributed by atoms with Gasteiger partial charge in [0.15, 0.2) is 17.3 Å². The number of aryl methyl sites for hydroxylation is 1. The SMILES string of the molecule is CCc1nnc2ccc(NS(=O)(=O)c3cc(Cl)ccc3OC)nn12. The minimum Gasteiger partial charge on any atom is -0.495 e. The predicted octanol–water partition coefficient (Wildman–Crippen LogP) is 2.15. The number of anilines is 1. The average Bonchev–Trinajstić information content (AvgIpc) is 2.96. The molecule has 0 bridgehead atoms. The van der Waals surface area contributed by atoms with E-state index >= 15 is 0 Å². The van der Waals surface area contributed by atoms with Crippen LogP contribution in [0.15, 0.2) is 35.2 Å². The number of benzene rings is 1. The zero-order chi connectivity index (χ0) is 17.3. The molecule has 10 heteroatoms. The van der Waals surface area contributed by atoms with E-state index in [4.69, 9.17) is 16.3 Å². The van der Waals surface area contributed by atoms with E-state index in [9.17, 15) is 8.42 Å². The van der Waals surface area contributed by atoms with Crippen LogP contribution in [0.25, 0.3) is 5.65 Å². The van der Waals surface area contributed by atoms with E-state index in [2.05, 4.69) is 20.0 Å². The molecule has 1 N–H and O–H groups in total. The van der Waals surface area contributed by atoms with Gasteiger partial charge in [-0.25, -0.2) is 8.42 Å². The molecule has 0 atom stereocenters. The van der Waals surface area contributed by atoms with Crippen molar-refractivity contribution in [3.63, 3.8) is 0 Å². The number of fused-ring (bicyclic) bond motifs is 1. The fourth-order valence-corrected chi connectivity index (χ4v) is 3.59. The number of aromatic nitrogens is 4. The summed E-state index contributed by atoms with van der Waals surface area (Å²) in [5, 5.41) is 12.5. The molecule has 8 nitrogen and oxygen atoms in total. The highest BCUT2D eigenvalue weighted by Gasteiger charge is 2.21. The number of hydrogen-bond acceptors (Lipinski definition) is 6. The topological polar surface area (TPSA) is 98.5 Å². The van der Waals surface area contributed by atoms with Crippen molar-refractivity contribution in [1.29, 1.82) is 0 Å². The van der Waals surface area contributed by atoms with Crippen LogP contribution >= 0.6 is 11.6 Å². The van der Waals surface area contributed by atoms with E-state index in [0.717, 1.165) is 0 Å². The Labute approximate surface area is 143 Å². The van der Waals surface area contributed by atoms with E-state index in [1.165, 1.54) is 29.8 Å². The maximum atomic E-state index is 12.6. The van der Waals surface area contributed by atoms with Gasteiger partial charge in [-0.3, -0.25) is 4.72 Å². The predicted molar refractivity (Wildman–Crippen MR) is 89.0 cm³/mol. The molecule has 126 valence electrons. The Bertz CT molecular complexity index is 1000. The first kappa shape index (κ1) is 16.5. The number of rotatable bonds is 5. The summed E-state index contributed by atoms with van der Waals surface area (Å²) in [6.45, 7) is 1.91. The van der Waals surface area contributed by atoms with Gasteiger partial charge in [-0.15, -0.1) is 15.3 Å². The Morgan fingerprint density at radius 3 is 2.75 bits per heavy atom. The summed E-state index contributed by atoms with van der Waals surface area (Å²) in [6.07, 6.45) is 0.618. The van der Waals surface area contributed by atoms with Crippen LogP contribution in [0.3, 0.4) is 0 Å². The van der Waals surface area contributed by atoms with Gasteiger partial charge < -0.3 is 4.74 Å². The third-order valence-electron chi connectivity index (χ3n) is 3.30. The third kappa shape index (κ3) is 3.00. The van der Waals surface area contributed by atoms with Crippen LogP contribution < -0.4 is 9.46 Å². The van der Waals surface area contributed by atoms with Crippen molar-refractivity contribution in [2.24, 2.45) is 0 Å². The van der Waals surface area contributed by atoms with E-state index in [1.807, 2.05) is 6.92 Å².